The Morgan fingerprint density at radius 1 is 1.44 bits per heavy atom. The number of amides is 1. The molecule has 1 aromatic carbocycles. The predicted molar refractivity (Wildman–Crippen MR) is 65.7 cm³/mol. The van der Waals surface area contributed by atoms with E-state index in [0.29, 0.717) is 13.0 Å². The second-order valence-corrected chi connectivity index (χ2v) is 4.45. The number of benzene rings is 1. The summed E-state index contributed by atoms with van der Waals surface area (Å²) in [6.07, 6.45) is -1.17. The van der Waals surface area contributed by atoms with Gasteiger partial charge in [-0.15, -0.1) is 0 Å². The molecule has 0 saturated carbocycles. The third-order valence-electron chi connectivity index (χ3n) is 3.06. The lowest BCUT2D eigenvalue weighted by atomic mass is 10.1. The first-order chi connectivity index (χ1) is 8.66. The third kappa shape index (κ3) is 3.20. The molecule has 1 amide bonds. The number of likely N-dealkylation sites (tertiary alicyclic amines) is 1. The number of hydrogen-bond acceptors (Lipinski definition) is 3. The van der Waals surface area contributed by atoms with Gasteiger partial charge in [0.05, 0.1) is 6.54 Å². The first kappa shape index (κ1) is 12.8. The predicted octanol–water partition coefficient (Wildman–Crippen LogP) is 1.69. The van der Waals surface area contributed by atoms with Crippen LogP contribution in [0.2, 0.25) is 0 Å². The molecule has 4 nitrogen and oxygen atoms in total. The van der Waals surface area contributed by atoms with Crippen LogP contribution in [0.15, 0.2) is 30.3 Å². The number of rotatable bonds is 2. The molecule has 5 heteroatoms. The van der Waals surface area contributed by atoms with E-state index in [4.69, 9.17) is 10.5 Å². The highest BCUT2D eigenvalue weighted by Gasteiger charge is 2.29. The number of piperidine rings is 1. The van der Waals surface area contributed by atoms with E-state index in [1.165, 1.54) is 4.90 Å². The van der Waals surface area contributed by atoms with Gasteiger partial charge in [0.25, 0.3) is 0 Å². The number of carbonyl (C=O) groups is 1. The van der Waals surface area contributed by atoms with Crippen molar-refractivity contribution in [1.29, 1.82) is 0 Å². The van der Waals surface area contributed by atoms with Gasteiger partial charge in [-0.3, -0.25) is 0 Å². The molecule has 1 saturated heterocycles. The molecule has 2 atom stereocenters. The average molecular weight is 252 g/mol. The SMILES string of the molecule is NC1CCN(C(=O)OCc2ccccc2)CC1F. The average Bonchev–Trinajstić information content (AvgIpc) is 2.40. The molecule has 1 aliphatic rings. The monoisotopic (exact) mass is 252 g/mol. The summed E-state index contributed by atoms with van der Waals surface area (Å²) in [6, 6.07) is 8.92. The fourth-order valence-corrected chi connectivity index (χ4v) is 1.90. The maximum atomic E-state index is 13.4. The Hall–Kier alpha value is -1.62. The van der Waals surface area contributed by atoms with Gasteiger partial charge in [-0.2, -0.15) is 0 Å². The van der Waals surface area contributed by atoms with Crippen molar-refractivity contribution in [2.45, 2.75) is 25.2 Å². The van der Waals surface area contributed by atoms with Crippen LogP contribution in [0.5, 0.6) is 0 Å². The van der Waals surface area contributed by atoms with Crippen LogP contribution in [0.3, 0.4) is 0 Å². The number of carbonyl (C=O) groups excluding carboxylic acids is 1. The number of hydrogen-bond donors (Lipinski definition) is 1. The fourth-order valence-electron chi connectivity index (χ4n) is 1.90. The molecule has 1 aliphatic heterocycles. The van der Waals surface area contributed by atoms with Crippen LogP contribution < -0.4 is 5.73 Å². The molecular weight excluding hydrogens is 235 g/mol. The van der Waals surface area contributed by atoms with Crippen LogP contribution >= 0.6 is 0 Å². The van der Waals surface area contributed by atoms with Gasteiger partial charge in [0.2, 0.25) is 0 Å². The zero-order valence-corrected chi connectivity index (χ0v) is 10.1. The number of nitrogens with two attached hydrogens (primary N) is 1. The summed E-state index contributed by atoms with van der Waals surface area (Å²) in [7, 11) is 0. The zero-order valence-electron chi connectivity index (χ0n) is 10.1. The van der Waals surface area contributed by atoms with Crippen LogP contribution in [0.25, 0.3) is 0 Å². The van der Waals surface area contributed by atoms with Crippen molar-refractivity contribution in [2.75, 3.05) is 13.1 Å². The molecule has 0 spiro atoms. The van der Waals surface area contributed by atoms with Gasteiger partial charge in [0.15, 0.2) is 0 Å². The highest BCUT2D eigenvalue weighted by molar-refractivity contribution is 5.67. The zero-order chi connectivity index (χ0) is 13.0. The van der Waals surface area contributed by atoms with Crippen molar-refractivity contribution in [3.05, 3.63) is 35.9 Å². The standard InChI is InChI=1S/C13H17FN2O2/c14-11-8-16(7-6-12(11)15)13(17)18-9-10-4-2-1-3-5-10/h1-5,11-12H,6-9,15H2. The molecular formula is C13H17FN2O2. The molecule has 2 unspecified atom stereocenters. The molecule has 98 valence electrons. The Bertz CT molecular complexity index is 399. The van der Waals surface area contributed by atoms with Crippen molar-refractivity contribution in [3.8, 4) is 0 Å². The Kier molecular flexibility index (Phi) is 4.15. The van der Waals surface area contributed by atoms with Gasteiger partial charge in [0.1, 0.15) is 12.8 Å². The Labute approximate surface area is 106 Å². The van der Waals surface area contributed by atoms with Crippen molar-refractivity contribution in [2.24, 2.45) is 5.73 Å². The van der Waals surface area contributed by atoms with E-state index in [-0.39, 0.29) is 13.2 Å². The minimum absolute atomic E-state index is 0.0226. The molecule has 2 rings (SSSR count). The molecule has 1 fully saturated rings. The van der Waals surface area contributed by atoms with Crippen molar-refractivity contribution >= 4 is 6.09 Å². The van der Waals surface area contributed by atoms with E-state index in [1.807, 2.05) is 30.3 Å². The van der Waals surface area contributed by atoms with E-state index >= 15 is 0 Å². The van der Waals surface area contributed by atoms with Gasteiger partial charge in [-0.25, -0.2) is 9.18 Å². The van der Waals surface area contributed by atoms with Crippen molar-refractivity contribution < 1.29 is 13.9 Å². The maximum Gasteiger partial charge on any atom is 0.410 e. The summed E-state index contributed by atoms with van der Waals surface area (Å²) in [5.41, 5.74) is 6.47. The Morgan fingerprint density at radius 2 is 2.17 bits per heavy atom. The van der Waals surface area contributed by atoms with Crippen LogP contribution in [0.1, 0.15) is 12.0 Å². The van der Waals surface area contributed by atoms with E-state index in [1.54, 1.807) is 0 Å². The summed E-state index contributed by atoms with van der Waals surface area (Å²) in [5, 5.41) is 0. The first-order valence-corrected chi connectivity index (χ1v) is 6.02. The van der Waals surface area contributed by atoms with E-state index in [9.17, 15) is 9.18 Å². The van der Waals surface area contributed by atoms with Gasteiger partial charge < -0.3 is 15.4 Å². The summed E-state index contributed by atoms with van der Waals surface area (Å²) in [5.74, 6) is 0. The molecule has 0 bridgehead atoms. The van der Waals surface area contributed by atoms with Crippen molar-refractivity contribution in [1.82, 2.24) is 4.90 Å². The number of ether oxygens (including phenoxy) is 1. The maximum absolute atomic E-state index is 13.4. The largest absolute Gasteiger partial charge is 0.445 e. The minimum atomic E-state index is -1.16. The van der Waals surface area contributed by atoms with Crippen LogP contribution in [0.4, 0.5) is 9.18 Å². The lowest BCUT2D eigenvalue weighted by Crippen LogP contribution is -2.50. The fraction of sp³-hybridized carbons (Fsp3) is 0.462. The normalized spacial score (nSPS) is 23.8. The highest BCUT2D eigenvalue weighted by atomic mass is 19.1. The summed E-state index contributed by atoms with van der Waals surface area (Å²) < 4.78 is 18.5. The van der Waals surface area contributed by atoms with E-state index in [0.717, 1.165) is 5.56 Å². The molecule has 18 heavy (non-hydrogen) atoms. The van der Waals surface area contributed by atoms with E-state index < -0.39 is 18.3 Å². The summed E-state index contributed by atoms with van der Waals surface area (Å²) >= 11 is 0. The molecule has 0 radical (unpaired) electrons. The van der Waals surface area contributed by atoms with Crippen LogP contribution in [-0.2, 0) is 11.3 Å². The van der Waals surface area contributed by atoms with Gasteiger partial charge in [0, 0.05) is 12.6 Å². The number of halogens is 1. The summed E-state index contributed by atoms with van der Waals surface area (Å²) in [4.78, 5) is 13.1. The first-order valence-electron chi connectivity index (χ1n) is 6.02. The van der Waals surface area contributed by atoms with Crippen molar-refractivity contribution in [3.63, 3.8) is 0 Å². The smallest absolute Gasteiger partial charge is 0.410 e. The van der Waals surface area contributed by atoms with Gasteiger partial charge in [-0.1, -0.05) is 30.3 Å². The molecule has 0 aromatic heterocycles. The Balaban J connectivity index is 1.82. The van der Waals surface area contributed by atoms with Crippen LogP contribution in [0, 0.1) is 0 Å². The third-order valence-corrected chi connectivity index (χ3v) is 3.06. The lowest BCUT2D eigenvalue weighted by molar-refractivity contribution is 0.0660. The second-order valence-electron chi connectivity index (χ2n) is 4.45. The lowest BCUT2D eigenvalue weighted by Gasteiger charge is -2.32. The molecule has 0 aliphatic carbocycles. The minimum Gasteiger partial charge on any atom is -0.445 e. The quantitative estimate of drug-likeness (QED) is 0.871. The number of nitrogens with zero attached hydrogens (tertiary/aromatic N) is 1. The summed E-state index contributed by atoms with van der Waals surface area (Å²) in [6.45, 7) is 0.684. The Morgan fingerprint density at radius 3 is 2.83 bits per heavy atom. The molecule has 2 N–H and O–H groups in total. The van der Waals surface area contributed by atoms with Gasteiger partial charge >= 0.3 is 6.09 Å². The van der Waals surface area contributed by atoms with E-state index in [2.05, 4.69) is 0 Å². The number of alkyl halides is 1. The molecule has 1 aromatic rings. The second kappa shape index (κ2) is 5.82. The van der Waals surface area contributed by atoms with Crippen LogP contribution in [-0.4, -0.2) is 36.3 Å². The topological polar surface area (TPSA) is 55.6 Å². The molecule has 1 heterocycles. The van der Waals surface area contributed by atoms with Gasteiger partial charge in [-0.05, 0) is 12.0 Å². The highest BCUT2D eigenvalue weighted by Crippen LogP contribution is 2.14.